The second-order valence-electron chi connectivity index (χ2n) is 8.58. The third kappa shape index (κ3) is 4.97. The largest absolute Gasteiger partial charge is 0.455 e. The number of hydrogen-bond acceptors (Lipinski definition) is 5. The van der Waals surface area contributed by atoms with Crippen LogP contribution in [0.2, 0.25) is 0 Å². The summed E-state index contributed by atoms with van der Waals surface area (Å²) in [6, 6.07) is 22.6. The Hall–Kier alpha value is -4.09. The number of hydrogen-bond donors (Lipinski definition) is 1. The predicted octanol–water partition coefficient (Wildman–Crippen LogP) is 5.50. The third-order valence-electron chi connectivity index (χ3n) is 5.98. The van der Waals surface area contributed by atoms with Crippen molar-refractivity contribution in [2.24, 2.45) is 0 Å². The van der Waals surface area contributed by atoms with Crippen molar-refractivity contribution in [2.75, 3.05) is 24.2 Å². The van der Waals surface area contributed by atoms with E-state index in [2.05, 4.69) is 11.4 Å². The van der Waals surface area contributed by atoms with Crippen molar-refractivity contribution in [2.45, 2.75) is 19.8 Å². The Morgan fingerprint density at radius 2 is 1.75 bits per heavy atom. The van der Waals surface area contributed by atoms with Crippen LogP contribution in [0.15, 0.2) is 71.1 Å². The summed E-state index contributed by atoms with van der Waals surface area (Å²) >= 11 is 0. The van der Waals surface area contributed by atoms with Crippen LogP contribution in [-0.2, 0) is 10.0 Å². The zero-order valence-electron chi connectivity index (χ0n) is 20.4. The zero-order chi connectivity index (χ0) is 25.9. The van der Waals surface area contributed by atoms with Crippen LogP contribution in [0.5, 0.6) is 0 Å². The molecule has 1 aromatic heterocycles. The Balaban J connectivity index is 2.04. The van der Waals surface area contributed by atoms with Crippen LogP contribution >= 0.6 is 0 Å². The summed E-state index contributed by atoms with van der Waals surface area (Å²) in [5.74, 6) is 0.112. The highest BCUT2D eigenvalue weighted by Gasteiger charge is 2.27. The van der Waals surface area contributed by atoms with E-state index in [1.165, 1.54) is 4.31 Å². The number of amides is 1. The van der Waals surface area contributed by atoms with Crippen molar-refractivity contribution in [1.29, 1.82) is 5.26 Å². The molecule has 0 aliphatic rings. The van der Waals surface area contributed by atoms with E-state index in [9.17, 15) is 13.2 Å². The average molecular weight is 502 g/mol. The van der Waals surface area contributed by atoms with Gasteiger partial charge >= 0.3 is 0 Å². The van der Waals surface area contributed by atoms with Crippen LogP contribution in [-0.4, -0.2) is 34.2 Å². The van der Waals surface area contributed by atoms with E-state index >= 15 is 0 Å². The smallest absolute Gasteiger partial charge is 0.255 e. The highest BCUT2D eigenvalue weighted by atomic mass is 32.2. The molecular weight excluding hydrogens is 474 g/mol. The van der Waals surface area contributed by atoms with Crippen molar-refractivity contribution in [3.05, 3.63) is 77.9 Å². The number of fused-ring (bicyclic) bond motifs is 1. The van der Waals surface area contributed by atoms with E-state index in [1.54, 1.807) is 13.1 Å². The van der Waals surface area contributed by atoms with E-state index in [-0.39, 0.29) is 18.9 Å². The molecule has 0 aliphatic carbocycles. The first-order valence-corrected chi connectivity index (χ1v) is 13.4. The van der Waals surface area contributed by atoms with Crippen LogP contribution in [0, 0.1) is 18.3 Å². The van der Waals surface area contributed by atoms with Gasteiger partial charge in [-0.2, -0.15) is 5.26 Å². The summed E-state index contributed by atoms with van der Waals surface area (Å²) in [5.41, 5.74) is 4.47. The van der Waals surface area contributed by atoms with Crippen LogP contribution in [0.1, 0.15) is 28.8 Å². The molecule has 4 aromatic rings. The van der Waals surface area contributed by atoms with Gasteiger partial charge in [0.05, 0.1) is 23.6 Å². The minimum atomic E-state index is -3.68. The fraction of sp³-hybridized carbons (Fsp3) is 0.214. The molecule has 0 aliphatic heterocycles. The minimum absolute atomic E-state index is 0.144. The molecule has 0 saturated heterocycles. The summed E-state index contributed by atoms with van der Waals surface area (Å²) in [7, 11) is -2.11. The van der Waals surface area contributed by atoms with Crippen LogP contribution in [0.3, 0.4) is 0 Å². The number of aryl methyl sites for hydroxylation is 1. The molecule has 0 fully saturated rings. The van der Waals surface area contributed by atoms with Crippen molar-refractivity contribution in [3.8, 4) is 28.5 Å². The van der Waals surface area contributed by atoms with E-state index in [1.807, 2.05) is 67.6 Å². The number of nitriles is 1. The molecule has 1 heterocycles. The average Bonchev–Trinajstić information content (AvgIpc) is 3.24. The molecule has 184 valence electrons. The number of unbranched alkanes of at least 4 members (excludes halogenated alkanes) is 1. The molecule has 0 radical (unpaired) electrons. The lowest BCUT2D eigenvalue weighted by Gasteiger charge is -2.25. The lowest BCUT2D eigenvalue weighted by molar-refractivity contribution is 0.0964. The van der Waals surface area contributed by atoms with Gasteiger partial charge in [0.1, 0.15) is 11.3 Å². The van der Waals surface area contributed by atoms with Gasteiger partial charge in [0, 0.05) is 42.6 Å². The van der Waals surface area contributed by atoms with Gasteiger partial charge < -0.3 is 9.73 Å². The SMILES string of the molecule is CNC(=O)c1c(-c2ccc(C)cc2)oc2cc(N(CCCC#N)S(C)(=O)=O)c(-c3ccccc3)cc12. The van der Waals surface area contributed by atoms with Gasteiger partial charge in [0.2, 0.25) is 10.0 Å². The molecule has 0 atom stereocenters. The Kier molecular flexibility index (Phi) is 7.13. The fourth-order valence-corrected chi connectivity index (χ4v) is 5.18. The van der Waals surface area contributed by atoms with E-state index in [4.69, 9.17) is 9.68 Å². The molecule has 0 unspecified atom stereocenters. The fourth-order valence-electron chi connectivity index (χ4n) is 4.21. The van der Waals surface area contributed by atoms with Crippen molar-refractivity contribution in [1.82, 2.24) is 5.32 Å². The number of benzene rings is 3. The van der Waals surface area contributed by atoms with Crippen LogP contribution in [0.4, 0.5) is 5.69 Å². The molecule has 0 spiro atoms. The quantitative estimate of drug-likeness (QED) is 0.321. The number of nitrogens with one attached hydrogen (secondary N) is 1. The molecule has 4 rings (SSSR count). The first kappa shape index (κ1) is 25.0. The second kappa shape index (κ2) is 10.3. The molecule has 3 aromatic carbocycles. The second-order valence-corrected chi connectivity index (χ2v) is 10.5. The Labute approximate surface area is 211 Å². The molecular formula is C28H27N3O4S. The molecule has 7 nitrogen and oxygen atoms in total. The van der Waals surface area contributed by atoms with Crippen LogP contribution in [0.25, 0.3) is 33.4 Å². The normalized spacial score (nSPS) is 11.3. The standard InChI is InChI=1S/C28H27N3O4S/c1-19-11-13-21(14-12-19)27-26(28(32)30-2)23-17-22(20-9-5-4-6-10-20)24(18-25(23)35-27)31(36(3,33)34)16-8-7-15-29/h4-6,9-14,17-18H,7-8,16H2,1-3H3,(H,30,32). The number of carbonyl (C=O) groups excluding carboxylic acids is 1. The Morgan fingerprint density at radius 3 is 2.36 bits per heavy atom. The number of furan rings is 1. The lowest BCUT2D eigenvalue weighted by atomic mass is 9.98. The zero-order valence-corrected chi connectivity index (χ0v) is 21.2. The summed E-state index contributed by atoms with van der Waals surface area (Å²) in [6.07, 6.45) is 1.76. The summed E-state index contributed by atoms with van der Waals surface area (Å²) in [4.78, 5) is 13.0. The van der Waals surface area contributed by atoms with Crippen LogP contribution < -0.4 is 9.62 Å². The van der Waals surface area contributed by atoms with E-state index < -0.39 is 10.0 Å². The maximum Gasteiger partial charge on any atom is 0.255 e. The van der Waals surface area contributed by atoms with Gasteiger partial charge in [-0.3, -0.25) is 9.10 Å². The van der Waals surface area contributed by atoms with Gasteiger partial charge in [0.15, 0.2) is 0 Å². The highest BCUT2D eigenvalue weighted by molar-refractivity contribution is 7.92. The molecule has 8 heteroatoms. The van der Waals surface area contributed by atoms with Crippen molar-refractivity contribution >= 4 is 32.6 Å². The first-order valence-electron chi connectivity index (χ1n) is 11.5. The van der Waals surface area contributed by atoms with Gasteiger partial charge in [-0.1, -0.05) is 60.2 Å². The molecule has 1 N–H and O–H groups in total. The predicted molar refractivity (Wildman–Crippen MR) is 142 cm³/mol. The number of carbonyl (C=O) groups is 1. The summed E-state index contributed by atoms with van der Waals surface area (Å²) < 4.78 is 33.3. The Morgan fingerprint density at radius 1 is 1.06 bits per heavy atom. The number of rotatable bonds is 8. The first-order chi connectivity index (χ1) is 17.2. The van der Waals surface area contributed by atoms with Gasteiger partial charge in [-0.15, -0.1) is 0 Å². The van der Waals surface area contributed by atoms with Gasteiger partial charge in [-0.25, -0.2) is 8.42 Å². The van der Waals surface area contributed by atoms with Crippen molar-refractivity contribution < 1.29 is 17.6 Å². The van der Waals surface area contributed by atoms with Gasteiger partial charge in [0.25, 0.3) is 5.91 Å². The minimum Gasteiger partial charge on any atom is -0.455 e. The molecule has 36 heavy (non-hydrogen) atoms. The maximum atomic E-state index is 13.0. The summed E-state index contributed by atoms with van der Waals surface area (Å²) in [6.45, 7) is 2.12. The monoisotopic (exact) mass is 501 g/mol. The molecule has 1 amide bonds. The third-order valence-corrected chi connectivity index (χ3v) is 7.16. The molecule has 0 bridgehead atoms. The summed E-state index contributed by atoms with van der Waals surface area (Å²) in [5, 5.41) is 12.3. The van der Waals surface area contributed by atoms with E-state index in [0.29, 0.717) is 40.0 Å². The number of sulfonamides is 1. The van der Waals surface area contributed by atoms with Gasteiger partial charge in [-0.05, 0) is 25.0 Å². The maximum absolute atomic E-state index is 13.0. The Bertz CT molecular complexity index is 1550. The number of nitrogens with zero attached hydrogens (tertiary/aromatic N) is 2. The highest BCUT2D eigenvalue weighted by Crippen LogP contribution is 2.41. The number of anilines is 1. The van der Waals surface area contributed by atoms with Crippen molar-refractivity contribution in [3.63, 3.8) is 0 Å². The molecule has 0 saturated carbocycles. The lowest BCUT2D eigenvalue weighted by Crippen LogP contribution is -2.31. The topological polar surface area (TPSA) is 103 Å². The van der Waals surface area contributed by atoms with E-state index in [0.717, 1.165) is 22.9 Å².